The van der Waals surface area contributed by atoms with Gasteiger partial charge < -0.3 is 15.0 Å². The van der Waals surface area contributed by atoms with Gasteiger partial charge in [-0.25, -0.2) is 0 Å². The van der Waals surface area contributed by atoms with Crippen LogP contribution in [0, 0.1) is 0 Å². The van der Waals surface area contributed by atoms with Gasteiger partial charge in [0.25, 0.3) is 0 Å². The van der Waals surface area contributed by atoms with Gasteiger partial charge >= 0.3 is 0 Å². The number of nitrogens with zero attached hydrogens (tertiary/aromatic N) is 1. The molecule has 3 heteroatoms. The minimum atomic E-state index is 0.649. The summed E-state index contributed by atoms with van der Waals surface area (Å²) in [5.74, 6) is 0. The lowest BCUT2D eigenvalue weighted by atomic mass is 10.1. The number of methoxy groups -OCH3 is 1. The van der Waals surface area contributed by atoms with Crippen molar-refractivity contribution in [2.75, 3.05) is 39.9 Å². The smallest absolute Gasteiger partial charge is 0.0587 e. The number of hydrogen-bond acceptors (Lipinski definition) is 3. The molecule has 0 spiro atoms. The lowest BCUT2D eigenvalue weighted by Gasteiger charge is -2.16. The zero-order valence-corrected chi connectivity index (χ0v) is 11.3. The molecule has 1 unspecified atom stereocenters. The van der Waals surface area contributed by atoms with Gasteiger partial charge in [-0.05, 0) is 24.9 Å². The van der Waals surface area contributed by atoms with E-state index >= 15 is 0 Å². The minimum Gasteiger partial charge on any atom is -0.383 e. The lowest BCUT2D eigenvalue weighted by Crippen LogP contribution is -2.35. The fourth-order valence-corrected chi connectivity index (χ4v) is 2.50. The number of ether oxygens (including phenoxy) is 1. The first kappa shape index (κ1) is 13.5. The highest BCUT2D eigenvalue weighted by Gasteiger charge is 2.21. The van der Waals surface area contributed by atoms with E-state index in [-0.39, 0.29) is 0 Å². The van der Waals surface area contributed by atoms with E-state index in [1.165, 1.54) is 31.6 Å². The Labute approximate surface area is 110 Å². The summed E-state index contributed by atoms with van der Waals surface area (Å²) in [6, 6.07) is 11.4. The van der Waals surface area contributed by atoms with Gasteiger partial charge in [0.1, 0.15) is 0 Å². The molecule has 1 aromatic carbocycles. The Morgan fingerprint density at radius 1 is 1.33 bits per heavy atom. The standard InChI is InChI=1S/C15H24N2O/c1-18-12-9-16-15-8-11-17(13-15)10-7-14-5-3-2-4-6-14/h2-6,15-16H,7-13H2,1H3. The van der Waals surface area contributed by atoms with Gasteiger partial charge in [0.05, 0.1) is 6.61 Å². The maximum absolute atomic E-state index is 5.06. The molecular formula is C15H24N2O. The largest absolute Gasteiger partial charge is 0.383 e. The van der Waals surface area contributed by atoms with E-state index < -0.39 is 0 Å². The van der Waals surface area contributed by atoms with Gasteiger partial charge in [0.2, 0.25) is 0 Å². The molecular weight excluding hydrogens is 224 g/mol. The van der Waals surface area contributed by atoms with E-state index in [2.05, 4.69) is 40.5 Å². The van der Waals surface area contributed by atoms with Crippen LogP contribution >= 0.6 is 0 Å². The molecule has 0 radical (unpaired) electrons. The average molecular weight is 248 g/mol. The van der Waals surface area contributed by atoms with Crippen molar-refractivity contribution in [3.05, 3.63) is 35.9 Å². The van der Waals surface area contributed by atoms with Gasteiger partial charge in [0, 0.05) is 32.8 Å². The van der Waals surface area contributed by atoms with Crippen molar-refractivity contribution in [2.24, 2.45) is 0 Å². The predicted octanol–water partition coefficient (Wildman–Crippen LogP) is 1.54. The zero-order valence-electron chi connectivity index (χ0n) is 11.3. The summed E-state index contributed by atoms with van der Waals surface area (Å²) in [5.41, 5.74) is 1.44. The van der Waals surface area contributed by atoms with Crippen molar-refractivity contribution in [3.63, 3.8) is 0 Å². The molecule has 0 bridgehead atoms. The van der Waals surface area contributed by atoms with E-state index in [0.29, 0.717) is 6.04 Å². The number of likely N-dealkylation sites (tertiary alicyclic amines) is 1. The van der Waals surface area contributed by atoms with Crippen LogP contribution in [0.25, 0.3) is 0 Å². The second-order valence-corrected chi connectivity index (χ2v) is 4.97. The highest BCUT2D eigenvalue weighted by Crippen LogP contribution is 2.10. The molecule has 2 rings (SSSR count). The number of nitrogens with one attached hydrogen (secondary N) is 1. The Balaban J connectivity index is 1.64. The summed E-state index contributed by atoms with van der Waals surface area (Å²) in [5, 5.41) is 3.54. The van der Waals surface area contributed by atoms with Gasteiger partial charge in [-0.15, -0.1) is 0 Å². The molecule has 1 N–H and O–H groups in total. The minimum absolute atomic E-state index is 0.649. The molecule has 1 heterocycles. The van der Waals surface area contributed by atoms with Crippen LogP contribution in [0.3, 0.4) is 0 Å². The Morgan fingerprint density at radius 2 is 2.17 bits per heavy atom. The maximum atomic E-state index is 5.06. The van der Waals surface area contributed by atoms with Gasteiger partial charge in [-0.2, -0.15) is 0 Å². The Kier molecular flexibility index (Phi) is 5.65. The SMILES string of the molecule is COCCNC1CCN(CCc2ccccc2)C1. The number of hydrogen-bond donors (Lipinski definition) is 1. The van der Waals surface area contributed by atoms with Crippen molar-refractivity contribution in [1.29, 1.82) is 0 Å². The van der Waals surface area contributed by atoms with E-state index in [1.807, 2.05) is 0 Å². The molecule has 1 atom stereocenters. The van der Waals surface area contributed by atoms with Crippen molar-refractivity contribution >= 4 is 0 Å². The molecule has 18 heavy (non-hydrogen) atoms. The Morgan fingerprint density at radius 3 is 2.94 bits per heavy atom. The topological polar surface area (TPSA) is 24.5 Å². The molecule has 1 saturated heterocycles. The average Bonchev–Trinajstić information content (AvgIpc) is 2.86. The third kappa shape index (κ3) is 4.41. The third-order valence-electron chi connectivity index (χ3n) is 3.57. The summed E-state index contributed by atoms with van der Waals surface area (Å²) in [7, 11) is 1.75. The second-order valence-electron chi connectivity index (χ2n) is 4.97. The summed E-state index contributed by atoms with van der Waals surface area (Å²) < 4.78 is 5.06. The van der Waals surface area contributed by atoms with Crippen LogP contribution in [-0.2, 0) is 11.2 Å². The Bertz CT molecular complexity index is 329. The Hall–Kier alpha value is -0.900. The van der Waals surface area contributed by atoms with Gasteiger partial charge in [0.15, 0.2) is 0 Å². The van der Waals surface area contributed by atoms with E-state index in [1.54, 1.807) is 7.11 Å². The summed E-state index contributed by atoms with van der Waals surface area (Å²) in [6.07, 6.45) is 2.42. The highest BCUT2D eigenvalue weighted by molar-refractivity contribution is 5.14. The zero-order chi connectivity index (χ0) is 12.6. The predicted molar refractivity (Wildman–Crippen MR) is 74.9 cm³/mol. The van der Waals surface area contributed by atoms with Crippen LogP contribution in [0.1, 0.15) is 12.0 Å². The fourth-order valence-electron chi connectivity index (χ4n) is 2.50. The normalized spacial score (nSPS) is 20.4. The maximum Gasteiger partial charge on any atom is 0.0587 e. The van der Waals surface area contributed by atoms with Crippen LogP contribution in [0.2, 0.25) is 0 Å². The van der Waals surface area contributed by atoms with Crippen LogP contribution in [-0.4, -0.2) is 50.8 Å². The third-order valence-corrected chi connectivity index (χ3v) is 3.57. The molecule has 0 aromatic heterocycles. The first-order valence-corrected chi connectivity index (χ1v) is 6.87. The lowest BCUT2D eigenvalue weighted by molar-refractivity contribution is 0.195. The van der Waals surface area contributed by atoms with Crippen molar-refractivity contribution in [2.45, 2.75) is 18.9 Å². The molecule has 3 nitrogen and oxygen atoms in total. The number of benzene rings is 1. The van der Waals surface area contributed by atoms with Gasteiger partial charge in [-0.3, -0.25) is 0 Å². The summed E-state index contributed by atoms with van der Waals surface area (Å²) in [4.78, 5) is 2.55. The van der Waals surface area contributed by atoms with E-state index in [0.717, 1.165) is 19.6 Å². The van der Waals surface area contributed by atoms with Crippen molar-refractivity contribution in [1.82, 2.24) is 10.2 Å². The summed E-state index contributed by atoms with van der Waals surface area (Å²) in [6.45, 7) is 5.34. The molecule has 1 aromatic rings. The number of rotatable bonds is 7. The molecule has 1 aliphatic rings. The molecule has 0 amide bonds. The van der Waals surface area contributed by atoms with Crippen LogP contribution in [0.4, 0.5) is 0 Å². The van der Waals surface area contributed by atoms with Crippen molar-refractivity contribution < 1.29 is 4.74 Å². The second kappa shape index (κ2) is 7.52. The first-order valence-electron chi connectivity index (χ1n) is 6.87. The molecule has 1 fully saturated rings. The van der Waals surface area contributed by atoms with Crippen LogP contribution < -0.4 is 5.32 Å². The quantitative estimate of drug-likeness (QED) is 0.741. The molecule has 0 saturated carbocycles. The molecule has 1 aliphatic heterocycles. The van der Waals surface area contributed by atoms with Gasteiger partial charge in [-0.1, -0.05) is 30.3 Å². The van der Waals surface area contributed by atoms with E-state index in [9.17, 15) is 0 Å². The molecule has 100 valence electrons. The van der Waals surface area contributed by atoms with Crippen molar-refractivity contribution in [3.8, 4) is 0 Å². The van der Waals surface area contributed by atoms with Crippen LogP contribution in [0.15, 0.2) is 30.3 Å². The van der Waals surface area contributed by atoms with E-state index in [4.69, 9.17) is 4.74 Å². The molecule has 0 aliphatic carbocycles. The fraction of sp³-hybridized carbons (Fsp3) is 0.600. The first-order chi connectivity index (χ1) is 8.88. The monoisotopic (exact) mass is 248 g/mol. The highest BCUT2D eigenvalue weighted by atomic mass is 16.5. The van der Waals surface area contributed by atoms with Crippen LogP contribution in [0.5, 0.6) is 0 Å². The summed E-state index contributed by atoms with van der Waals surface area (Å²) >= 11 is 0.